The van der Waals surface area contributed by atoms with Gasteiger partial charge in [0.1, 0.15) is 17.1 Å². The summed E-state index contributed by atoms with van der Waals surface area (Å²) >= 11 is 11.2. The molecular weight excluding hydrogens is 285 g/mol. The Bertz CT molecular complexity index is 507. The molecule has 7 nitrogen and oxygen atoms in total. The van der Waals surface area contributed by atoms with Gasteiger partial charge in [-0.25, -0.2) is 4.98 Å². The molecule has 0 fully saturated rings. The number of aldehydes is 1. The summed E-state index contributed by atoms with van der Waals surface area (Å²) in [6.07, 6.45) is 0.505. The van der Waals surface area contributed by atoms with E-state index in [9.17, 15) is 19.7 Å². The number of pyridine rings is 1. The van der Waals surface area contributed by atoms with Crippen molar-refractivity contribution < 1.29 is 14.5 Å². The van der Waals surface area contributed by atoms with Gasteiger partial charge in [0.2, 0.25) is 11.1 Å². The molecule has 0 saturated heterocycles. The molecule has 1 amide bonds. The molecule has 1 rings (SSSR count). The van der Waals surface area contributed by atoms with Gasteiger partial charge in [-0.2, -0.15) is 0 Å². The van der Waals surface area contributed by atoms with E-state index in [4.69, 9.17) is 23.2 Å². The number of amides is 1. The SMILES string of the molecule is O=CCCC(=O)Nc1cc(Cl)nc(Cl)c1[N+](=O)[O-]. The van der Waals surface area contributed by atoms with Gasteiger partial charge in [0, 0.05) is 18.9 Å². The molecule has 96 valence electrons. The van der Waals surface area contributed by atoms with Crippen LogP contribution < -0.4 is 5.32 Å². The topological polar surface area (TPSA) is 102 Å². The van der Waals surface area contributed by atoms with Gasteiger partial charge in [-0.15, -0.1) is 0 Å². The number of nitrogens with zero attached hydrogens (tertiary/aromatic N) is 2. The van der Waals surface area contributed by atoms with Crippen LogP contribution in [0.2, 0.25) is 10.3 Å². The van der Waals surface area contributed by atoms with Crippen molar-refractivity contribution in [2.24, 2.45) is 0 Å². The van der Waals surface area contributed by atoms with Gasteiger partial charge in [0.15, 0.2) is 0 Å². The maximum absolute atomic E-state index is 11.4. The smallest absolute Gasteiger partial charge is 0.320 e. The summed E-state index contributed by atoms with van der Waals surface area (Å²) in [7, 11) is 0. The average molecular weight is 292 g/mol. The van der Waals surface area contributed by atoms with E-state index in [1.807, 2.05) is 0 Å². The van der Waals surface area contributed by atoms with Crippen molar-refractivity contribution in [3.63, 3.8) is 0 Å². The maximum Gasteiger partial charge on any atom is 0.329 e. The van der Waals surface area contributed by atoms with Gasteiger partial charge in [-0.05, 0) is 0 Å². The van der Waals surface area contributed by atoms with Gasteiger partial charge in [-0.3, -0.25) is 14.9 Å². The van der Waals surface area contributed by atoms with Crippen molar-refractivity contribution in [1.29, 1.82) is 0 Å². The van der Waals surface area contributed by atoms with Crippen LogP contribution in [0.1, 0.15) is 12.8 Å². The lowest BCUT2D eigenvalue weighted by molar-refractivity contribution is -0.384. The number of nitrogens with one attached hydrogen (secondary N) is 1. The summed E-state index contributed by atoms with van der Waals surface area (Å²) < 4.78 is 0. The predicted octanol–water partition coefficient (Wildman–Crippen LogP) is 2.21. The molecule has 9 heteroatoms. The zero-order valence-corrected chi connectivity index (χ0v) is 10.4. The fourth-order valence-electron chi connectivity index (χ4n) is 1.15. The minimum Gasteiger partial charge on any atom is -0.320 e. The summed E-state index contributed by atoms with van der Waals surface area (Å²) in [6, 6.07) is 1.12. The van der Waals surface area contributed by atoms with Gasteiger partial charge in [-0.1, -0.05) is 23.2 Å². The number of carbonyl (C=O) groups excluding carboxylic acids is 2. The van der Waals surface area contributed by atoms with E-state index in [0.717, 1.165) is 6.07 Å². The molecule has 0 unspecified atom stereocenters. The summed E-state index contributed by atoms with van der Waals surface area (Å²) in [6.45, 7) is 0. The number of halogens is 2. The fourth-order valence-corrected chi connectivity index (χ4v) is 1.65. The van der Waals surface area contributed by atoms with Crippen LogP contribution in [0.15, 0.2) is 6.07 Å². The molecule has 0 atom stereocenters. The van der Waals surface area contributed by atoms with E-state index in [2.05, 4.69) is 10.3 Å². The minimum absolute atomic E-state index is 0.0200. The van der Waals surface area contributed by atoms with Crippen molar-refractivity contribution in [3.8, 4) is 0 Å². The predicted molar refractivity (Wildman–Crippen MR) is 64.8 cm³/mol. The minimum atomic E-state index is -0.777. The molecule has 0 bridgehead atoms. The van der Waals surface area contributed by atoms with Gasteiger partial charge >= 0.3 is 5.69 Å². The van der Waals surface area contributed by atoms with E-state index < -0.39 is 21.7 Å². The van der Waals surface area contributed by atoms with E-state index in [0.29, 0.717) is 6.29 Å². The number of hydrogen-bond donors (Lipinski definition) is 1. The van der Waals surface area contributed by atoms with Crippen LogP contribution in [0.3, 0.4) is 0 Å². The van der Waals surface area contributed by atoms with E-state index >= 15 is 0 Å². The highest BCUT2D eigenvalue weighted by molar-refractivity contribution is 6.34. The van der Waals surface area contributed by atoms with Crippen molar-refractivity contribution >= 4 is 46.8 Å². The van der Waals surface area contributed by atoms with Crippen LogP contribution in [0.5, 0.6) is 0 Å². The molecule has 0 saturated carbocycles. The summed E-state index contributed by atoms with van der Waals surface area (Å²) in [5.41, 5.74) is -0.693. The third-order valence-corrected chi connectivity index (χ3v) is 2.32. The Labute approximate surface area is 111 Å². The first-order valence-electron chi connectivity index (χ1n) is 4.69. The van der Waals surface area contributed by atoms with Gasteiger partial charge in [0.25, 0.3) is 0 Å². The molecule has 1 N–H and O–H groups in total. The van der Waals surface area contributed by atoms with E-state index in [1.54, 1.807) is 0 Å². The molecular formula is C9H7Cl2N3O4. The van der Waals surface area contributed by atoms with Crippen LogP contribution in [-0.4, -0.2) is 22.1 Å². The van der Waals surface area contributed by atoms with Crippen LogP contribution in [0.25, 0.3) is 0 Å². The number of hydrogen-bond acceptors (Lipinski definition) is 5. The largest absolute Gasteiger partial charge is 0.329 e. The molecule has 0 aliphatic carbocycles. The molecule has 1 aromatic rings. The molecule has 1 aromatic heterocycles. The summed E-state index contributed by atoms with van der Waals surface area (Å²) in [4.78, 5) is 35.0. The third kappa shape index (κ3) is 3.64. The second-order valence-electron chi connectivity index (χ2n) is 3.14. The second kappa shape index (κ2) is 6.27. The second-order valence-corrected chi connectivity index (χ2v) is 3.89. The normalized spacial score (nSPS) is 9.89. The monoisotopic (exact) mass is 291 g/mol. The Hall–Kier alpha value is -1.73. The lowest BCUT2D eigenvalue weighted by Gasteiger charge is -2.06. The first kappa shape index (κ1) is 14.3. The number of aromatic nitrogens is 1. The Morgan fingerprint density at radius 3 is 2.78 bits per heavy atom. The Balaban J connectivity index is 3.03. The summed E-state index contributed by atoms with van der Waals surface area (Å²) in [5, 5.41) is 12.5. The van der Waals surface area contributed by atoms with Crippen LogP contribution in [-0.2, 0) is 9.59 Å². The molecule has 0 aliphatic rings. The van der Waals surface area contributed by atoms with Crippen molar-refractivity contribution in [3.05, 3.63) is 26.5 Å². The highest BCUT2D eigenvalue weighted by Crippen LogP contribution is 2.33. The lowest BCUT2D eigenvalue weighted by Crippen LogP contribution is -2.13. The first-order chi connectivity index (χ1) is 8.45. The zero-order chi connectivity index (χ0) is 13.7. The Kier molecular flexibility index (Phi) is 4.99. The van der Waals surface area contributed by atoms with Crippen molar-refractivity contribution in [1.82, 2.24) is 4.98 Å². The van der Waals surface area contributed by atoms with Gasteiger partial charge < -0.3 is 10.1 Å². The van der Waals surface area contributed by atoms with E-state index in [-0.39, 0.29) is 23.7 Å². The molecule has 0 spiro atoms. The Morgan fingerprint density at radius 2 is 2.22 bits per heavy atom. The highest BCUT2D eigenvalue weighted by Gasteiger charge is 2.22. The van der Waals surface area contributed by atoms with Crippen molar-refractivity contribution in [2.45, 2.75) is 12.8 Å². The van der Waals surface area contributed by atoms with Gasteiger partial charge in [0.05, 0.1) is 4.92 Å². The highest BCUT2D eigenvalue weighted by atomic mass is 35.5. The van der Waals surface area contributed by atoms with E-state index in [1.165, 1.54) is 0 Å². The van der Waals surface area contributed by atoms with Crippen LogP contribution in [0, 0.1) is 10.1 Å². The standard InChI is InChI=1S/C9H7Cl2N3O4/c10-6-4-5(12-7(16)2-1-3-15)8(14(17)18)9(11)13-6/h3-4H,1-2H2,(H,12,13,16). The number of nitro groups is 1. The molecule has 18 heavy (non-hydrogen) atoms. The number of carbonyl (C=O) groups is 2. The lowest BCUT2D eigenvalue weighted by atomic mass is 10.3. The molecule has 0 radical (unpaired) electrons. The maximum atomic E-state index is 11.4. The number of rotatable bonds is 5. The third-order valence-electron chi connectivity index (χ3n) is 1.86. The molecule has 0 aliphatic heterocycles. The number of anilines is 1. The quantitative estimate of drug-likeness (QED) is 0.388. The molecule has 1 heterocycles. The molecule has 0 aromatic carbocycles. The van der Waals surface area contributed by atoms with Crippen molar-refractivity contribution in [2.75, 3.05) is 5.32 Å². The zero-order valence-electron chi connectivity index (χ0n) is 8.85. The van der Waals surface area contributed by atoms with Crippen LogP contribution >= 0.6 is 23.2 Å². The fraction of sp³-hybridized carbons (Fsp3) is 0.222. The first-order valence-corrected chi connectivity index (χ1v) is 5.45. The Morgan fingerprint density at radius 1 is 1.56 bits per heavy atom. The summed E-state index contributed by atoms with van der Waals surface area (Å²) in [5.74, 6) is -0.552. The van der Waals surface area contributed by atoms with Crippen LogP contribution in [0.4, 0.5) is 11.4 Å². The average Bonchev–Trinajstić information content (AvgIpc) is 2.24.